The highest BCUT2D eigenvalue weighted by atomic mass is 16.5. The molecule has 0 fully saturated rings. The molecule has 0 saturated carbocycles. The summed E-state index contributed by atoms with van der Waals surface area (Å²) in [7, 11) is 0. The van der Waals surface area contributed by atoms with Crippen LogP contribution in [0.15, 0.2) is 60.9 Å². The smallest absolute Gasteiger partial charge is 0.305 e. The molecule has 7 nitrogen and oxygen atoms in total. The van der Waals surface area contributed by atoms with E-state index in [1.54, 1.807) is 12.1 Å². The molecule has 0 radical (unpaired) electrons. The molecule has 3 rings (SSSR count). The van der Waals surface area contributed by atoms with E-state index in [1.807, 2.05) is 48.8 Å². The van der Waals surface area contributed by atoms with Gasteiger partial charge >= 0.3 is 5.97 Å². The Bertz CT molecular complexity index is 1060. The quantitative estimate of drug-likeness (QED) is 0.357. The zero-order chi connectivity index (χ0) is 24.3. The summed E-state index contributed by atoms with van der Waals surface area (Å²) >= 11 is 0. The predicted octanol–water partition coefficient (Wildman–Crippen LogP) is 5.34. The third-order valence-corrected chi connectivity index (χ3v) is 5.58. The van der Waals surface area contributed by atoms with Crippen molar-refractivity contribution in [3.8, 4) is 11.4 Å². The van der Waals surface area contributed by atoms with Gasteiger partial charge in [-0.05, 0) is 54.8 Å². The van der Waals surface area contributed by atoms with Crippen LogP contribution in [0.25, 0.3) is 5.69 Å². The molecule has 3 aromatic rings. The van der Waals surface area contributed by atoms with Gasteiger partial charge in [0.25, 0.3) is 5.91 Å². The van der Waals surface area contributed by atoms with E-state index in [4.69, 9.17) is 9.84 Å². The van der Waals surface area contributed by atoms with E-state index < -0.39 is 5.97 Å². The van der Waals surface area contributed by atoms with Crippen LogP contribution in [0.3, 0.4) is 0 Å². The van der Waals surface area contributed by atoms with Gasteiger partial charge in [-0.3, -0.25) is 9.59 Å². The number of imidazole rings is 1. The maximum Gasteiger partial charge on any atom is 0.305 e. The molecule has 0 bridgehead atoms. The molecule has 7 heteroatoms. The number of carboxylic acids is 1. The molecule has 0 spiro atoms. The van der Waals surface area contributed by atoms with Crippen molar-refractivity contribution in [3.63, 3.8) is 0 Å². The number of aryl methyl sites for hydroxylation is 1. The SMILES string of the molecule is CCCCc1nccn1-c1ccc(OC(CCC)c2ccc(C(=O)NCCC(=O)O)cc2)cc1. The summed E-state index contributed by atoms with van der Waals surface area (Å²) in [5.74, 6) is 0.624. The highest BCUT2D eigenvalue weighted by Crippen LogP contribution is 2.27. The number of carbonyl (C=O) groups is 2. The highest BCUT2D eigenvalue weighted by molar-refractivity contribution is 5.94. The maximum atomic E-state index is 12.2. The van der Waals surface area contributed by atoms with Gasteiger partial charge in [-0.2, -0.15) is 0 Å². The van der Waals surface area contributed by atoms with Gasteiger partial charge in [0.15, 0.2) is 0 Å². The van der Waals surface area contributed by atoms with Gasteiger partial charge in [0.05, 0.1) is 6.42 Å². The summed E-state index contributed by atoms with van der Waals surface area (Å²) in [6.45, 7) is 4.39. The summed E-state index contributed by atoms with van der Waals surface area (Å²) in [6, 6.07) is 15.3. The first-order valence-corrected chi connectivity index (χ1v) is 11.9. The molecule has 34 heavy (non-hydrogen) atoms. The minimum Gasteiger partial charge on any atom is -0.486 e. The molecular weight excluding hydrogens is 430 g/mol. The Labute approximate surface area is 200 Å². The standard InChI is InChI=1S/C27H33N3O4/c1-3-5-7-25-28-18-19-30(25)22-12-14-23(15-13-22)34-24(6-4-2)20-8-10-21(11-9-20)27(33)29-17-16-26(31)32/h8-15,18-19,24H,3-7,16-17H2,1-2H3,(H,29,33)(H,31,32). The van der Waals surface area contributed by atoms with Gasteiger partial charge in [-0.15, -0.1) is 0 Å². The molecule has 1 amide bonds. The van der Waals surface area contributed by atoms with E-state index in [1.165, 1.54) is 0 Å². The Morgan fingerprint density at radius 2 is 1.79 bits per heavy atom. The first-order chi connectivity index (χ1) is 16.5. The third kappa shape index (κ3) is 6.94. The first kappa shape index (κ1) is 25.0. The number of carbonyl (C=O) groups excluding carboxylic acids is 1. The minimum absolute atomic E-state index is 0.101. The summed E-state index contributed by atoms with van der Waals surface area (Å²) in [5.41, 5.74) is 2.54. The first-order valence-electron chi connectivity index (χ1n) is 11.9. The zero-order valence-electron chi connectivity index (χ0n) is 19.9. The summed E-state index contributed by atoms with van der Waals surface area (Å²) in [5, 5.41) is 11.3. The lowest BCUT2D eigenvalue weighted by Gasteiger charge is -2.20. The van der Waals surface area contributed by atoms with Gasteiger partial charge in [-0.25, -0.2) is 4.98 Å². The van der Waals surface area contributed by atoms with E-state index >= 15 is 0 Å². The van der Waals surface area contributed by atoms with Gasteiger partial charge in [0.2, 0.25) is 0 Å². The molecule has 1 atom stereocenters. The molecule has 2 aromatic carbocycles. The number of benzene rings is 2. The Morgan fingerprint density at radius 3 is 2.44 bits per heavy atom. The second-order valence-electron chi connectivity index (χ2n) is 8.23. The van der Waals surface area contributed by atoms with Crippen molar-refractivity contribution in [2.45, 2.75) is 58.5 Å². The fourth-order valence-corrected chi connectivity index (χ4v) is 3.73. The van der Waals surface area contributed by atoms with Crippen LogP contribution in [-0.2, 0) is 11.2 Å². The van der Waals surface area contributed by atoms with Crippen LogP contribution in [0, 0.1) is 0 Å². The number of ether oxygens (including phenoxy) is 1. The van der Waals surface area contributed by atoms with Crippen molar-refractivity contribution in [2.24, 2.45) is 0 Å². The summed E-state index contributed by atoms with van der Waals surface area (Å²) < 4.78 is 8.42. The topological polar surface area (TPSA) is 93.5 Å². The van der Waals surface area contributed by atoms with E-state index in [2.05, 4.69) is 28.7 Å². The summed E-state index contributed by atoms with van der Waals surface area (Å²) in [4.78, 5) is 27.3. The van der Waals surface area contributed by atoms with Crippen LogP contribution < -0.4 is 10.1 Å². The molecule has 0 saturated heterocycles. The molecule has 0 aliphatic rings. The number of nitrogens with zero attached hydrogens (tertiary/aromatic N) is 2. The van der Waals surface area contributed by atoms with Crippen LogP contribution >= 0.6 is 0 Å². The number of amides is 1. The van der Waals surface area contributed by atoms with E-state index in [-0.39, 0.29) is 25.0 Å². The number of unbranched alkanes of at least 4 members (excludes halogenated alkanes) is 1. The number of nitrogens with one attached hydrogen (secondary N) is 1. The van der Waals surface area contributed by atoms with Crippen LogP contribution in [0.1, 0.15) is 73.8 Å². The van der Waals surface area contributed by atoms with Crippen LogP contribution in [0.4, 0.5) is 0 Å². The van der Waals surface area contributed by atoms with Crippen molar-refractivity contribution in [1.82, 2.24) is 14.9 Å². The van der Waals surface area contributed by atoms with E-state index in [0.29, 0.717) is 5.56 Å². The lowest BCUT2D eigenvalue weighted by molar-refractivity contribution is -0.136. The third-order valence-electron chi connectivity index (χ3n) is 5.58. The number of carboxylic acid groups (broad SMARTS) is 1. The van der Waals surface area contributed by atoms with Gasteiger partial charge < -0.3 is 19.7 Å². The Hall–Kier alpha value is -3.61. The molecular formula is C27H33N3O4. The molecule has 2 N–H and O–H groups in total. The molecule has 180 valence electrons. The monoisotopic (exact) mass is 463 g/mol. The largest absolute Gasteiger partial charge is 0.486 e. The maximum absolute atomic E-state index is 12.2. The average Bonchev–Trinajstić information content (AvgIpc) is 3.31. The molecule has 1 aromatic heterocycles. The highest BCUT2D eigenvalue weighted by Gasteiger charge is 2.15. The van der Waals surface area contributed by atoms with Crippen LogP contribution in [0.2, 0.25) is 0 Å². The Balaban J connectivity index is 1.66. The van der Waals surface area contributed by atoms with Gasteiger partial charge in [0.1, 0.15) is 17.7 Å². The zero-order valence-corrected chi connectivity index (χ0v) is 19.9. The number of hydrogen-bond acceptors (Lipinski definition) is 4. The second kappa shape index (κ2) is 12.6. The van der Waals surface area contributed by atoms with Crippen molar-refractivity contribution >= 4 is 11.9 Å². The van der Waals surface area contributed by atoms with E-state index in [9.17, 15) is 9.59 Å². The average molecular weight is 464 g/mol. The van der Waals surface area contributed by atoms with Crippen molar-refractivity contribution < 1.29 is 19.4 Å². The molecule has 0 aliphatic heterocycles. The number of aromatic nitrogens is 2. The summed E-state index contributed by atoms with van der Waals surface area (Å²) in [6.07, 6.45) is 8.58. The predicted molar refractivity (Wildman–Crippen MR) is 131 cm³/mol. The lowest BCUT2D eigenvalue weighted by Crippen LogP contribution is -2.26. The minimum atomic E-state index is -0.940. The lowest BCUT2D eigenvalue weighted by atomic mass is 10.0. The Kier molecular flexibility index (Phi) is 9.26. The van der Waals surface area contributed by atoms with E-state index in [0.717, 1.165) is 54.9 Å². The fourth-order valence-electron chi connectivity index (χ4n) is 3.73. The Morgan fingerprint density at radius 1 is 1.06 bits per heavy atom. The number of hydrogen-bond donors (Lipinski definition) is 2. The van der Waals surface area contributed by atoms with Gasteiger partial charge in [-0.1, -0.05) is 38.8 Å². The molecule has 0 aliphatic carbocycles. The fraction of sp³-hybridized carbons (Fsp3) is 0.370. The van der Waals surface area contributed by atoms with Gasteiger partial charge in [0, 0.05) is 36.6 Å². The number of aliphatic carboxylic acids is 1. The molecule has 1 unspecified atom stereocenters. The second-order valence-corrected chi connectivity index (χ2v) is 8.23. The number of rotatable bonds is 13. The van der Waals surface area contributed by atoms with Crippen molar-refractivity contribution in [3.05, 3.63) is 77.9 Å². The van der Waals surface area contributed by atoms with Crippen LogP contribution in [-0.4, -0.2) is 33.1 Å². The van der Waals surface area contributed by atoms with Crippen molar-refractivity contribution in [1.29, 1.82) is 0 Å². The van der Waals surface area contributed by atoms with Crippen molar-refractivity contribution in [2.75, 3.05) is 6.54 Å². The molecule has 1 heterocycles. The normalized spacial score (nSPS) is 11.7. The van der Waals surface area contributed by atoms with Crippen LogP contribution in [0.5, 0.6) is 5.75 Å².